The Labute approximate surface area is 191 Å². The zero-order valence-electron chi connectivity index (χ0n) is 19.8. The van der Waals surface area contributed by atoms with Crippen molar-refractivity contribution >= 4 is 17.6 Å². The molecule has 3 aliphatic rings. The van der Waals surface area contributed by atoms with Crippen LogP contribution in [0.25, 0.3) is 0 Å². The number of nitrogens with zero attached hydrogens (tertiary/aromatic N) is 4. The fourth-order valence-electron chi connectivity index (χ4n) is 5.29. The number of carbonyl (C=O) groups is 2. The van der Waals surface area contributed by atoms with Crippen molar-refractivity contribution < 1.29 is 14.3 Å². The van der Waals surface area contributed by atoms with Crippen molar-refractivity contribution in [1.82, 2.24) is 20.0 Å². The van der Waals surface area contributed by atoms with Gasteiger partial charge in [0.15, 0.2) is 0 Å². The van der Waals surface area contributed by atoms with E-state index in [-0.39, 0.29) is 30.4 Å². The van der Waals surface area contributed by atoms with Gasteiger partial charge in [0, 0.05) is 38.4 Å². The average molecular weight is 444 g/mol. The van der Waals surface area contributed by atoms with Crippen LogP contribution in [0, 0.1) is 5.92 Å². The molecule has 4 unspecified atom stereocenters. The van der Waals surface area contributed by atoms with Gasteiger partial charge in [-0.05, 0) is 24.5 Å². The van der Waals surface area contributed by atoms with Gasteiger partial charge in [0.2, 0.25) is 0 Å². The Hall–Kier alpha value is -2.32. The van der Waals surface area contributed by atoms with E-state index < -0.39 is 0 Å². The SMILES string of the molecule is CCCCCCCN1C(=O)C2C(NC3N(c4cccc(OC)c4)CC(C)CN23)N(C)C1=O. The van der Waals surface area contributed by atoms with Crippen molar-refractivity contribution in [2.75, 3.05) is 38.7 Å². The third-order valence-corrected chi connectivity index (χ3v) is 6.96. The summed E-state index contributed by atoms with van der Waals surface area (Å²) in [6.07, 6.45) is 4.98. The van der Waals surface area contributed by atoms with Crippen LogP contribution in [-0.2, 0) is 4.79 Å². The van der Waals surface area contributed by atoms with Gasteiger partial charge in [-0.15, -0.1) is 0 Å². The van der Waals surface area contributed by atoms with Crippen LogP contribution in [0.1, 0.15) is 46.0 Å². The first-order valence-corrected chi connectivity index (χ1v) is 12.0. The zero-order valence-corrected chi connectivity index (χ0v) is 19.8. The molecular weight excluding hydrogens is 406 g/mol. The maximum absolute atomic E-state index is 13.5. The Morgan fingerprint density at radius 3 is 2.66 bits per heavy atom. The first-order chi connectivity index (χ1) is 15.5. The summed E-state index contributed by atoms with van der Waals surface area (Å²) in [7, 11) is 3.48. The number of ether oxygens (including phenoxy) is 1. The zero-order chi connectivity index (χ0) is 22.8. The lowest BCUT2D eigenvalue weighted by molar-refractivity contribution is -0.138. The number of nitrogens with one attached hydrogen (secondary N) is 1. The normalized spacial score (nSPS) is 28.2. The van der Waals surface area contributed by atoms with Gasteiger partial charge in [-0.1, -0.05) is 45.6 Å². The molecular formula is C24H37N5O3. The Balaban J connectivity index is 1.55. The number of methoxy groups -OCH3 is 1. The molecule has 0 bridgehead atoms. The topological polar surface area (TPSA) is 68.4 Å². The monoisotopic (exact) mass is 443 g/mol. The van der Waals surface area contributed by atoms with Gasteiger partial charge in [0.05, 0.1) is 7.11 Å². The lowest BCUT2D eigenvalue weighted by Crippen LogP contribution is -2.66. The average Bonchev–Trinajstić information content (AvgIpc) is 3.18. The van der Waals surface area contributed by atoms with E-state index >= 15 is 0 Å². The number of urea groups is 1. The number of imide groups is 1. The van der Waals surface area contributed by atoms with E-state index in [0.29, 0.717) is 12.5 Å². The smallest absolute Gasteiger partial charge is 0.327 e. The van der Waals surface area contributed by atoms with E-state index in [4.69, 9.17) is 4.74 Å². The highest BCUT2D eigenvalue weighted by molar-refractivity contribution is 6.00. The summed E-state index contributed by atoms with van der Waals surface area (Å²) in [6.45, 7) is 6.59. The molecule has 0 radical (unpaired) electrons. The molecule has 0 aromatic heterocycles. The minimum Gasteiger partial charge on any atom is -0.497 e. The summed E-state index contributed by atoms with van der Waals surface area (Å²) in [5.41, 5.74) is 1.05. The Morgan fingerprint density at radius 1 is 1.12 bits per heavy atom. The highest BCUT2D eigenvalue weighted by atomic mass is 16.5. The first kappa shape index (κ1) is 22.9. The second-order valence-electron chi connectivity index (χ2n) is 9.38. The van der Waals surface area contributed by atoms with Crippen LogP contribution in [0.2, 0.25) is 0 Å². The molecule has 1 aromatic rings. The van der Waals surface area contributed by atoms with E-state index in [1.807, 2.05) is 18.2 Å². The molecule has 8 nitrogen and oxygen atoms in total. The van der Waals surface area contributed by atoms with Gasteiger partial charge < -0.3 is 14.5 Å². The number of hydrogen-bond donors (Lipinski definition) is 1. The summed E-state index contributed by atoms with van der Waals surface area (Å²) < 4.78 is 5.43. The number of rotatable bonds is 8. The van der Waals surface area contributed by atoms with Gasteiger partial charge in [0.1, 0.15) is 24.2 Å². The van der Waals surface area contributed by atoms with Crippen molar-refractivity contribution in [1.29, 1.82) is 0 Å². The fourth-order valence-corrected chi connectivity index (χ4v) is 5.29. The number of anilines is 1. The quantitative estimate of drug-likeness (QED) is 0.623. The molecule has 32 heavy (non-hydrogen) atoms. The standard InChI is InChI=1S/C24H37N5O3/c1-5-6-7-8-9-13-27-22(30)20-21(26(3)24(27)31)25-23-28(15-17(2)16-29(20)23)18-11-10-12-19(14-18)32-4/h10-12,14,17,20-21,23,25H,5-9,13,15-16H2,1-4H3. The van der Waals surface area contributed by atoms with Gasteiger partial charge in [0.25, 0.3) is 5.91 Å². The van der Waals surface area contributed by atoms with Crippen LogP contribution in [0.4, 0.5) is 10.5 Å². The molecule has 0 saturated carbocycles. The molecule has 176 valence electrons. The first-order valence-electron chi connectivity index (χ1n) is 12.0. The fraction of sp³-hybridized carbons (Fsp3) is 0.667. The Bertz CT molecular complexity index is 834. The van der Waals surface area contributed by atoms with E-state index in [2.05, 4.69) is 35.0 Å². The van der Waals surface area contributed by atoms with Crippen molar-refractivity contribution in [3.05, 3.63) is 24.3 Å². The van der Waals surface area contributed by atoms with Crippen molar-refractivity contribution in [2.24, 2.45) is 5.92 Å². The summed E-state index contributed by atoms with van der Waals surface area (Å²) in [4.78, 5) is 34.3. The molecule has 8 heteroatoms. The Kier molecular flexibility index (Phi) is 6.90. The van der Waals surface area contributed by atoms with Crippen LogP contribution in [0.5, 0.6) is 5.75 Å². The van der Waals surface area contributed by atoms with Gasteiger partial charge in [-0.25, -0.2) is 4.79 Å². The van der Waals surface area contributed by atoms with E-state index in [1.165, 1.54) is 17.7 Å². The van der Waals surface area contributed by atoms with Crippen molar-refractivity contribution in [3.8, 4) is 5.75 Å². The van der Waals surface area contributed by atoms with Crippen LogP contribution in [0.3, 0.4) is 0 Å². The highest BCUT2D eigenvalue weighted by Gasteiger charge is 2.56. The van der Waals surface area contributed by atoms with Gasteiger partial charge in [-0.3, -0.25) is 19.9 Å². The number of carbonyl (C=O) groups excluding carboxylic acids is 2. The second-order valence-corrected chi connectivity index (χ2v) is 9.38. The maximum Gasteiger partial charge on any atom is 0.327 e. The van der Waals surface area contributed by atoms with Gasteiger partial charge in [-0.2, -0.15) is 0 Å². The van der Waals surface area contributed by atoms with Crippen LogP contribution >= 0.6 is 0 Å². The van der Waals surface area contributed by atoms with Crippen LogP contribution in [0.15, 0.2) is 24.3 Å². The predicted molar refractivity (Wildman–Crippen MR) is 124 cm³/mol. The molecule has 4 rings (SSSR count). The number of unbranched alkanes of at least 4 members (excludes halogenated alkanes) is 4. The molecule has 3 aliphatic heterocycles. The van der Waals surface area contributed by atoms with Crippen molar-refractivity contribution in [3.63, 3.8) is 0 Å². The molecule has 3 heterocycles. The van der Waals surface area contributed by atoms with E-state index in [9.17, 15) is 9.59 Å². The molecule has 3 fully saturated rings. The molecule has 3 amide bonds. The summed E-state index contributed by atoms with van der Waals surface area (Å²) in [6, 6.07) is 7.46. The molecule has 0 aliphatic carbocycles. The summed E-state index contributed by atoms with van der Waals surface area (Å²) in [5.74, 6) is 1.12. The summed E-state index contributed by atoms with van der Waals surface area (Å²) in [5, 5.41) is 3.59. The number of benzene rings is 1. The largest absolute Gasteiger partial charge is 0.497 e. The van der Waals surface area contributed by atoms with Crippen LogP contribution < -0.4 is 15.0 Å². The summed E-state index contributed by atoms with van der Waals surface area (Å²) >= 11 is 0. The molecule has 0 spiro atoms. The second kappa shape index (κ2) is 9.67. The third kappa shape index (κ3) is 4.18. The molecule has 1 N–H and O–H groups in total. The predicted octanol–water partition coefficient (Wildman–Crippen LogP) is 2.90. The molecule has 3 saturated heterocycles. The van der Waals surface area contributed by atoms with E-state index in [0.717, 1.165) is 43.8 Å². The number of likely N-dealkylation sites (N-methyl/N-ethyl adjacent to an activating group) is 1. The lowest BCUT2D eigenvalue weighted by Gasteiger charge is -2.46. The van der Waals surface area contributed by atoms with Crippen LogP contribution in [-0.4, -0.2) is 78.9 Å². The number of hydrogen-bond acceptors (Lipinski definition) is 6. The highest BCUT2D eigenvalue weighted by Crippen LogP contribution is 2.35. The minimum absolute atomic E-state index is 0.0664. The van der Waals surface area contributed by atoms with Gasteiger partial charge >= 0.3 is 6.03 Å². The maximum atomic E-state index is 13.5. The van der Waals surface area contributed by atoms with Crippen molar-refractivity contribution in [2.45, 2.75) is 64.4 Å². The Morgan fingerprint density at radius 2 is 1.91 bits per heavy atom. The molecule has 4 atom stereocenters. The molecule has 1 aromatic carbocycles. The number of amides is 3. The minimum atomic E-state index is -0.366. The number of fused-ring (bicyclic) bond motifs is 3. The third-order valence-electron chi connectivity index (χ3n) is 6.96. The van der Waals surface area contributed by atoms with E-state index in [1.54, 1.807) is 19.1 Å². The lowest BCUT2D eigenvalue weighted by atomic mass is 10.0.